The number of benzene rings is 2. The zero-order valence-electron chi connectivity index (χ0n) is 18.5. The largest absolute Gasteiger partial charge is 0.337 e. The molecule has 0 spiro atoms. The number of nitriles is 1. The summed E-state index contributed by atoms with van der Waals surface area (Å²) in [7, 11) is 0. The van der Waals surface area contributed by atoms with Crippen molar-refractivity contribution in [1.82, 2.24) is 19.4 Å². The van der Waals surface area contributed by atoms with Crippen molar-refractivity contribution in [3.63, 3.8) is 0 Å². The van der Waals surface area contributed by atoms with Crippen molar-refractivity contribution in [2.75, 3.05) is 13.1 Å². The van der Waals surface area contributed by atoms with Crippen LogP contribution >= 0.6 is 0 Å². The maximum atomic E-state index is 13.2. The molecule has 6 nitrogen and oxygen atoms in total. The molecule has 0 saturated carbocycles. The van der Waals surface area contributed by atoms with Gasteiger partial charge in [0, 0.05) is 32.4 Å². The summed E-state index contributed by atoms with van der Waals surface area (Å²) in [4.78, 5) is 21.9. The Morgan fingerprint density at radius 3 is 2.56 bits per heavy atom. The Balaban J connectivity index is 1.44. The fraction of sp³-hybridized carbons (Fsp3) is 0.346. The molecule has 0 radical (unpaired) electrons. The van der Waals surface area contributed by atoms with Crippen molar-refractivity contribution in [3.05, 3.63) is 89.5 Å². The van der Waals surface area contributed by atoms with Crippen LogP contribution in [-0.2, 0) is 24.4 Å². The second kappa shape index (κ2) is 10.3. The van der Waals surface area contributed by atoms with E-state index in [1.54, 1.807) is 0 Å². The third-order valence-electron chi connectivity index (χ3n) is 6.04. The molecule has 0 N–H and O–H groups in total. The lowest BCUT2D eigenvalue weighted by atomic mass is 10.1. The van der Waals surface area contributed by atoms with Crippen LogP contribution in [0.5, 0.6) is 0 Å². The number of aromatic nitrogens is 2. The molecule has 3 aromatic rings. The van der Waals surface area contributed by atoms with Crippen LogP contribution in [0.4, 0.5) is 0 Å². The Kier molecular flexibility index (Phi) is 6.98. The van der Waals surface area contributed by atoms with Gasteiger partial charge in [0.1, 0.15) is 0 Å². The van der Waals surface area contributed by atoms with Gasteiger partial charge in [-0.05, 0) is 42.6 Å². The van der Waals surface area contributed by atoms with Gasteiger partial charge >= 0.3 is 0 Å². The number of hydrogen-bond acceptors (Lipinski definition) is 4. The summed E-state index contributed by atoms with van der Waals surface area (Å²) in [5, 5.41) is 9.00. The number of likely N-dealkylation sites (tertiary alicyclic amines) is 1. The van der Waals surface area contributed by atoms with E-state index in [2.05, 4.69) is 39.6 Å². The average Bonchev–Trinajstić information content (AvgIpc) is 3.41. The second-order valence-electron chi connectivity index (χ2n) is 8.34. The number of rotatable bonds is 9. The third kappa shape index (κ3) is 5.06. The van der Waals surface area contributed by atoms with Crippen LogP contribution < -0.4 is 0 Å². The maximum absolute atomic E-state index is 13.2. The van der Waals surface area contributed by atoms with Crippen LogP contribution in [0.2, 0.25) is 0 Å². The van der Waals surface area contributed by atoms with E-state index in [0.717, 1.165) is 37.2 Å². The highest BCUT2D eigenvalue weighted by Crippen LogP contribution is 2.22. The van der Waals surface area contributed by atoms with Crippen LogP contribution in [0, 0.1) is 11.3 Å². The van der Waals surface area contributed by atoms with Crippen molar-refractivity contribution in [3.8, 4) is 6.07 Å². The summed E-state index contributed by atoms with van der Waals surface area (Å²) in [6.07, 6.45) is 5.59. The van der Waals surface area contributed by atoms with Gasteiger partial charge in [-0.3, -0.25) is 9.69 Å². The van der Waals surface area contributed by atoms with Crippen LogP contribution in [0.15, 0.2) is 67.1 Å². The van der Waals surface area contributed by atoms with Gasteiger partial charge in [0.05, 0.1) is 29.7 Å². The van der Waals surface area contributed by atoms with Gasteiger partial charge in [0.2, 0.25) is 5.91 Å². The first-order valence-corrected chi connectivity index (χ1v) is 11.2. The van der Waals surface area contributed by atoms with Crippen molar-refractivity contribution < 1.29 is 4.79 Å². The molecule has 2 aromatic carbocycles. The third-order valence-corrected chi connectivity index (χ3v) is 6.04. The summed E-state index contributed by atoms with van der Waals surface area (Å²) in [5.74, 6) is 0.223. The molecule has 6 heteroatoms. The summed E-state index contributed by atoms with van der Waals surface area (Å²) >= 11 is 0. The predicted octanol–water partition coefficient (Wildman–Crippen LogP) is 3.82. The first-order chi connectivity index (χ1) is 15.7. The highest BCUT2D eigenvalue weighted by Gasteiger charge is 2.35. The minimum absolute atomic E-state index is 0.0862. The average molecular weight is 428 g/mol. The lowest BCUT2D eigenvalue weighted by Crippen LogP contribution is -2.42. The molecule has 1 atom stereocenters. The molecule has 0 unspecified atom stereocenters. The molecule has 0 aliphatic carbocycles. The van der Waals surface area contributed by atoms with E-state index >= 15 is 0 Å². The van der Waals surface area contributed by atoms with Crippen LogP contribution in [0.3, 0.4) is 0 Å². The Bertz CT molecular complexity index is 1070. The standard InChI is InChI=1S/C26H29N5O/c1-2-13-29(25-12-14-30(26(25)32)17-22-6-4-3-5-7-22)19-24-16-28-20-31(24)18-23-10-8-21(15-27)9-11-23/h3-11,16,20,25H,2,12-14,17-19H2,1H3/t25-/m1/s1. The normalized spacial score (nSPS) is 16.0. The van der Waals surface area contributed by atoms with Crippen LogP contribution in [0.25, 0.3) is 0 Å². The van der Waals surface area contributed by atoms with E-state index in [-0.39, 0.29) is 11.9 Å². The Morgan fingerprint density at radius 2 is 1.84 bits per heavy atom. The van der Waals surface area contributed by atoms with Crippen molar-refractivity contribution >= 4 is 5.91 Å². The second-order valence-corrected chi connectivity index (χ2v) is 8.34. The molecule has 1 amide bonds. The van der Waals surface area contributed by atoms with E-state index in [4.69, 9.17) is 5.26 Å². The fourth-order valence-electron chi connectivity index (χ4n) is 4.37. The molecule has 164 valence electrons. The van der Waals surface area contributed by atoms with Gasteiger partial charge in [-0.2, -0.15) is 5.26 Å². The Hall–Kier alpha value is -3.43. The molecule has 32 heavy (non-hydrogen) atoms. The molecule has 1 aromatic heterocycles. The summed E-state index contributed by atoms with van der Waals surface area (Å²) in [6, 6.07) is 19.9. The lowest BCUT2D eigenvalue weighted by Gasteiger charge is -2.28. The molecule has 1 saturated heterocycles. The van der Waals surface area contributed by atoms with Crippen molar-refractivity contribution in [1.29, 1.82) is 5.26 Å². The van der Waals surface area contributed by atoms with Gasteiger partial charge in [-0.25, -0.2) is 4.98 Å². The summed E-state index contributed by atoms with van der Waals surface area (Å²) in [6.45, 7) is 5.88. The molecular weight excluding hydrogens is 398 g/mol. The number of amides is 1. The van der Waals surface area contributed by atoms with Gasteiger partial charge < -0.3 is 9.47 Å². The molecule has 1 aliphatic rings. The minimum Gasteiger partial charge on any atom is -0.337 e. The quantitative estimate of drug-likeness (QED) is 0.521. The van der Waals surface area contributed by atoms with Crippen molar-refractivity contribution in [2.24, 2.45) is 0 Å². The van der Waals surface area contributed by atoms with E-state index in [1.807, 2.05) is 59.9 Å². The Morgan fingerprint density at radius 1 is 1.09 bits per heavy atom. The van der Waals surface area contributed by atoms with Crippen molar-refractivity contribution in [2.45, 2.75) is 45.4 Å². The van der Waals surface area contributed by atoms with Gasteiger partial charge in [0.15, 0.2) is 0 Å². The highest BCUT2D eigenvalue weighted by molar-refractivity contribution is 5.84. The zero-order chi connectivity index (χ0) is 22.3. The number of imidazole rings is 1. The van der Waals surface area contributed by atoms with Crippen LogP contribution in [-0.4, -0.2) is 44.4 Å². The first-order valence-electron chi connectivity index (χ1n) is 11.2. The molecule has 4 rings (SSSR count). The molecular formula is C26H29N5O. The minimum atomic E-state index is -0.0862. The number of nitrogens with zero attached hydrogens (tertiary/aromatic N) is 5. The van der Waals surface area contributed by atoms with Gasteiger partial charge in [-0.15, -0.1) is 0 Å². The molecule has 1 fully saturated rings. The highest BCUT2D eigenvalue weighted by atomic mass is 16.2. The van der Waals surface area contributed by atoms with Gasteiger partial charge in [0.25, 0.3) is 0 Å². The summed E-state index contributed by atoms with van der Waals surface area (Å²) < 4.78 is 2.13. The zero-order valence-corrected chi connectivity index (χ0v) is 18.5. The first kappa shape index (κ1) is 21.8. The monoisotopic (exact) mass is 427 g/mol. The molecule has 1 aliphatic heterocycles. The fourth-order valence-corrected chi connectivity index (χ4v) is 4.37. The van der Waals surface area contributed by atoms with E-state index < -0.39 is 0 Å². The lowest BCUT2D eigenvalue weighted by molar-refractivity contribution is -0.132. The number of carbonyl (C=O) groups excluding carboxylic acids is 1. The van der Waals surface area contributed by atoms with E-state index in [9.17, 15) is 4.79 Å². The smallest absolute Gasteiger partial charge is 0.240 e. The van der Waals surface area contributed by atoms with Gasteiger partial charge in [-0.1, -0.05) is 49.4 Å². The summed E-state index contributed by atoms with van der Waals surface area (Å²) in [5.41, 5.74) is 4.05. The van der Waals surface area contributed by atoms with E-state index in [1.165, 1.54) is 5.56 Å². The number of carbonyl (C=O) groups is 1. The SMILES string of the molecule is CCCN(Cc1cncn1Cc1ccc(C#N)cc1)[C@@H]1CCN(Cc2ccccc2)C1=O. The molecule has 2 heterocycles. The number of hydrogen-bond donors (Lipinski definition) is 0. The maximum Gasteiger partial charge on any atom is 0.240 e. The molecule has 0 bridgehead atoms. The van der Waals surface area contributed by atoms with E-state index in [0.29, 0.717) is 25.2 Å². The topological polar surface area (TPSA) is 65.2 Å². The Labute approximate surface area is 189 Å². The van der Waals surface area contributed by atoms with Crippen LogP contribution in [0.1, 0.15) is 42.1 Å². The predicted molar refractivity (Wildman–Crippen MR) is 123 cm³/mol.